The first-order valence-corrected chi connectivity index (χ1v) is 5.87. The molecular weight excluding hydrogens is 178 g/mol. The van der Waals surface area contributed by atoms with E-state index < -0.39 is 0 Å². The Balaban J connectivity index is 1.64. The SMILES string of the molecule is CC1CC(NOC2CCCC2)CCO1. The molecule has 0 spiro atoms. The fourth-order valence-electron chi connectivity index (χ4n) is 2.30. The van der Waals surface area contributed by atoms with E-state index in [1.165, 1.54) is 25.7 Å². The smallest absolute Gasteiger partial charge is 0.0790 e. The van der Waals surface area contributed by atoms with Gasteiger partial charge in [-0.3, -0.25) is 4.84 Å². The van der Waals surface area contributed by atoms with Crippen LogP contribution in [-0.4, -0.2) is 24.9 Å². The van der Waals surface area contributed by atoms with Crippen molar-refractivity contribution in [1.29, 1.82) is 0 Å². The maximum atomic E-state index is 5.69. The highest BCUT2D eigenvalue weighted by Gasteiger charge is 2.21. The van der Waals surface area contributed by atoms with Crippen LogP contribution in [0.5, 0.6) is 0 Å². The Labute approximate surface area is 86.1 Å². The second kappa shape index (κ2) is 5.10. The number of nitrogens with one attached hydrogen (secondary N) is 1. The van der Waals surface area contributed by atoms with Crippen LogP contribution >= 0.6 is 0 Å². The van der Waals surface area contributed by atoms with Crippen molar-refractivity contribution in [2.45, 2.75) is 63.7 Å². The van der Waals surface area contributed by atoms with Crippen molar-refractivity contribution in [2.75, 3.05) is 6.61 Å². The lowest BCUT2D eigenvalue weighted by Gasteiger charge is -2.28. The number of hydrogen-bond donors (Lipinski definition) is 1. The molecule has 1 heterocycles. The van der Waals surface area contributed by atoms with E-state index in [2.05, 4.69) is 12.4 Å². The Morgan fingerprint density at radius 3 is 2.71 bits per heavy atom. The molecule has 3 heteroatoms. The van der Waals surface area contributed by atoms with Gasteiger partial charge in [-0.15, -0.1) is 0 Å². The maximum Gasteiger partial charge on any atom is 0.0790 e. The summed E-state index contributed by atoms with van der Waals surface area (Å²) in [6, 6.07) is 0.499. The highest BCUT2D eigenvalue weighted by Crippen LogP contribution is 2.21. The van der Waals surface area contributed by atoms with Crippen molar-refractivity contribution in [3.05, 3.63) is 0 Å². The molecule has 2 rings (SSSR count). The highest BCUT2D eigenvalue weighted by atomic mass is 16.7. The van der Waals surface area contributed by atoms with E-state index in [1.54, 1.807) is 0 Å². The number of hydroxylamine groups is 1. The first kappa shape index (κ1) is 10.4. The second-order valence-corrected chi connectivity index (χ2v) is 4.54. The van der Waals surface area contributed by atoms with Crippen molar-refractivity contribution in [2.24, 2.45) is 0 Å². The molecule has 2 unspecified atom stereocenters. The van der Waals surface area contributed by atoms with Crippen molar-refractivity contribution < 1.29 is 9.57 Å². The monoisotopic (exact) mass is 199 g/mol. The lowest BCUT2D eigenvalue weighted by atomic mass is 10.1. The van der Waals surface area contributed by atoms with E-state index in [-0.39, 0.29) is 0 Å². The summed E-state index contributed by atoms with van der Waals surface area (Å²) < 4.78 is 5.48. The van der Waals surface area contributed by atoms with Gasteiger partial charge in [-0.25, -0.2) is 0 Å². The van der Waals surface area contributed by atoms with Gasteiger partial charge >= 0.3 is 0 Å². The standard InChI is InChI=1S/C11H21NO2/c1-9-8-10(6-7-13-9)12-14-11-4-2-3-5-11/h9-12H,2-8H2,1H3. The van der Waals surface area contributed by atoms with Crippen LogP contribution in [0.2, 0.25) is 0 Å². The summed E-state index contributed by atoms with van der Waals surface area (Å²) >= 11 is 0. The van der Waals surface area contributed by atoms with E-state index in [4.69, 9.17) is 9.57 Å². The summed E-state index contributed by atoms with van der Waals surface area (Å²) in [5, 5.41) is 0. The minimum absolute atomic E-state index is 0.383. The van der Waals surface area contributed by atoms with Gasteiger partial charge in [0.05, 0.1) is 12.2 Å². The van der Waals surface area contributed by atoms with Crippen LogP contribution in [0.1, 0.15) is 45.4 Å². The van der Waals surface area contributed by atoms with Gasteiger partial charge in [0.15, 0.2) is 0 Å². The molecule has 82 valence electrons. The molecule has 0 aromatic heterocycles. The summed E-state index contributed by atoms with van der Waals surface area (Å²) in [6.07, 6.45) is 8.12. The van der Waals surface area contributed by atoms with Crippen molar-refractivity contribution >= 4 is 0 Å². The van der Waals surface area contributed by atoms with Gasteiger partial charge in [0.25, 0.3) is 0 Å². The van der Waals surface area contributed by atoms with Crippen molar-refractivity contribution in [3.8, 4) is 0 Å². The third-order valence-corrected chi connectivity index (χ3v) is 3.19. The molecule has 0 bridgehead atoms. The zero-order valence-corrected chi connectivity index (χ0v) is 9.00. The minimum Gasteiger partial charge on any atom is -0.378 e. The molecule has 1 saturated carbocycles. The van der Waals surface area contributed by atoms with Crippen LogP contribution in [0.15, 0.2) is 0 Å². The van der Waals surface area contributed by atoms with E-state index in [9.17, 15) is 0 Å². The van der Waals surface area contributed by atoms with E-state index in [1.807, 2.05) is 0 Å². The molecule has 1 aliphatic carbocycles. The van der Waals surface area contributed by atoms with Crippen molar-refractivity contribution in [3.63, 3.8) is 0 Å². The van der Waals surface area contributed by atoms with Gasteiger partial charge in [0, 0.05) is 12.6 Å². The van der Waals surface area contributed by atoms with Gasteiger partial charge in [-0.05, 0) is 32.6 Å². The molecule has 0 amide bonds. The largest absolute Gasteiger partial charge is 0.378 e. The zero-order chi connectivity index (χ0) is 9.80. The Hall–Kier alpha value is -0.120. The predicted octanol–water partition coefficient (Wildman–Crippen LogP) is 2.02. The maximum absolute atomic E-state index is 5.69. The van der Waals surface area contributed by atoms with Gasteiger partial charge in [0.2, 0.25) is 0 Å². The zero-order valence-electron chi connectivity index (χ0n) is 9.00. The Morgan fingerprint density at radius 2 is 2.00 bits per heavy atom. The fourth-order valence-corrected chi connectivity index (χ4v) is 2.30. The first-order chi connectivity index (χ1) is 6.84. The molecule has 0 aromatic rings. The lowest BCUT2D eigenvalue weighted by molar-refractivity contribution is -0.0757. The molecule has 14 heavy (non-hydrogen) atoms. The Morgan fingerprint density at radius 1 is 1.21 bits per heavy atom. The molecule has 0 radical (unpaired) electrons. The molecular formula is C11H21NO2. The van der Waals surface area contributed by atoms with E-state index in [0.717, 1.165) is 19.4 Å². The van der Waals surface area contributed by atoms with Gasteiger partial charge in [-0.1, -0.05) is 12.8 Å². The molecule has 0 aromatic carbocycles. The first-order valence-electron chi connectivity index (χ1n) is 5.87. The molecule has 2 atom stereocenters. The number of ether oxygens (including phenoxy) is 1. The summed E-state index contributed by atoms with van der Waals surface area (Å²) in [6.45, 7) is 3.00. The number of hydrogen-bond acceptors (Lipinski definition) is 3. The molecule has 3 nitrogen and oxygen atoms in total. The van der Waals surface area contributed by atoms with E-state index in [0.29, 0.717) is 18.2 Å². The van der Waals surface area contributed by atoms with Crippen LogP contribution in [-0.2, 0) is 9.57 Å². The van der Waals surface area contributed by atoms with Crippen LogP contribution < -0.4 is 5.48 Å². The van der Waals surface area contributed by atoms with Crippen LogP contribution in [0.3, 0.4) is 0 Å². The predicted molar refractivity (Wildman–Crippen MR) is 54.9 cm³/mol. The highest BCUT2D eigenvalue weighted by molar-refractivity contribution is 4.72. The summed E-state index contributed by atoms with van der Waals surface area (Å²) in [5.41, 5.74) is 3.21. The Bertz CT molecular complexity index is 169. The van der Waals surface area contributed by atoms with Gasteiger partial charge in [0.1, 0.15) is 0 Å². The quantitative estimate of drug-likeness (QED) is 0.705. The third-order valence-electron chi connectivity index (χ3n) is 3.19. The van der Waals surface area contributed by atoms with Gasteiger partial charge in [-0.2, -0.15) is 5.48 Å². The van der Waals surface area contributed by atoms with Crippen LogP contribution in [0, 0.1) is 0 Å². The second-order valence-electron chi connectivity index (χ2n) is 4.54. The van der Waals surface area contributed by atoms with Gasteiger partial charge < -0.3 is 4.74 Å². The van der Waals surface area contributed by atoms with E-state index >= 15 is 0 Å². The molecule has 2 fully saturated rings. The summed E-state index contributed by atoms with van der Waals surface area (Å²) in [5.74, 6) is 0. The molecule has 1 N–H and O–H groups in total. The average Bonchev–Trinajstić information content (AvgIpc) is 2.67. The van der Waals surface area contributed by atoms with Crippen LogP contribution in [0.25, 0.3) is 0 Å². The van der Waals surface area contributed by atoms with Crippen LogP contribution in [0.4, 0.5) is 0 Å². The normalized spacial score (nSPS) is 34.9. The topological polar surface area (TPSA) is 30.5 Å². The summed E-state index contributed by atoms with van der Waals surface area (Å²) in [4.78, 5) is 5.69. The number of rotatable bonds is 3. The minimum atomic E-state index is 0.383. The third kappa shape index (κ3) is 2.94. The van der Waals surface area contributed by atoms with Crippen molar-refractivity contribution in [1.82, 2.24) is 5.48 Å². The lowest BCUT2D eigenvalue weighted by Crippen LogP contribution is -2.39. The Kier molecular flexibility index (Phi) is 3.79. The molecule has 2 aliphatic rings. The molecule has 1 aliphatic heterocycles. The fraction of sp³-hybridized carbons (Fsp3) is 1.00. The summed E-state index contributed by atoms with van der Waals surface area (Å²) in [7, 11) is 0. The average molecular weight is 199 g/mol. The molecule has 1 saturated heterocycles.